The van der Waals surface area contributed by atoms with Gasteiger partial charge in [0.25, 0.3) is 0 Å². The van der Waals surface area contributed by atoms with Gasteiger partial charge in [-0.25, -0.2) is 4.98 Å². The molecule has 0 spiro atoms. The zero-order valence-corrected chi connectivity index (χ0v) is 9.10. The minimum absolute atomic E-state index is 0.306. The van der Waals surface area contributed by atoms with Crippen molar-refractivity contribution in [2.45, 2.75) is 19.4 Å². The number of anilines is 2. The lowest BCUT2D eigenvalue weighted by molar-refractivity contribution is 0.121. The molecule has 5 nitrogen and oxygen atoms in total. The summed E-state index contributed by atoms with van der Waals surface area (Å²) in [5.41, 5.74) is 6.64. The molecule has 0 bridgehead atoms. The zero-order valence-electron chi connectivity index (χ0n) is 9.10. The molecule has 2 N–H and O–H groups in total. The summed E-state index contributed by atoms with van der Waals surface area (Å²) in [6.45, 7) is 3.85. The molecule has 1 atom stereocenters. The Morgan fingerprint density at radius 3 is 3.07 bits per heavy atom. The van der Waals surface area contributed by atoms with Gasteiger partial charge in [-0.05, 0) is 13.3 Å². The van der Waals surface area contributed by atoms with Crippen molar-refractivity contribution in [1.82, 2.24) is 9.97 Å². The molecule has 0 radical (unpaired) electrons. The number of hydrogen-bond acceptors (Lipinski definition) is 5. The van der Waals surface area contributed by atoms with Crippen LogP contribution in [0.1, 0.15) is 12.0 Å². The molecule has 1 unspecified atom stereocenters. The average molecular weight is 208 g/mol. The van der Waals surface area contributed by atoms with E-state index < -0.39 is 0 Å². The van der Waals surface area contributed by atoms with E-state index in [1.54, 1.807) is 13.3 Å². The molecular formula is C10H16N4O. The van der Waals surface area contributed by atoms with Gasteiger partial charge in [-0.15, -0.1) is 0 Å². The maximum absolute atomic E-state index is 5.58. The Hall–Kier alpha value is -1.36. The van der Waals surface area contributed by atoms with Gasteiger partial charge in [0.2, 0.25) is 5.95 Å². The van der Waals surface area contributed by atoms with Crippen molar-refractivity contribution in [2.75, 3.05) is 30.8 Å². The van der Waals surface area contributed by atoms with Gasteiger partial charge < -0.3 is 15.4 Å². The number of aryl methyl sites for hydroxylation is 1. The van der Waals surface area contributed by atoms with Gasteiger partial charge >= 0.3 is 0 Å². The van der Waals surface area contributed by atoms with Crippen LogP contribution in [0.2, 0.25) is 0 Å². The van der Waals surface area contributed by atoms with Crippen LogP contribution < -0.4 is 10.6 Å². The highest BCUT2D eigenvalue weighted by molar-refractivity contribution is 5.48. The second kappa shape index (κ2) is 4.02. The van der Waals surface area contributed by atoms with Crippen LogP contribution in [0.4, 0.5) is 11.8 Å². The first-order valence-corrected chi connectivity index (χ1v) is 5.07. The monoisotopic (exact) mass is 208 g/mol. The van der Waals surface area contributed by atoms with Gasteiger partial charge in [-0.1, -0.05) is 0 Å². The van der Waals surface area contributed by atoms with Crippen molar-refractivity contribution in [3.8, 4) is 0 Å². The Kier molecular flexibility index (Phi) is 2.73. The molecule has 1 aromatic heterocycles. The van der Waals surface area contributed by atoms with E-state index in [1.165, 1.54) is 0 Å². The van der Waals surface area contributed by atoms with Gasteiger partial charge in [0.15, 0.2) is 0 Å². The van der Waals surface area contributed by atoms with E-state index in [4.69, 9.17) is 10.5 Å². The fraction of sp³-hybridized carbons (Fsp3) is 0.600. The zero-order chi connectivity index (χ0) is 10.8. The lowest BCUT2D eigenvalue weighted by atomic mass is 10.3. The second-order valence-electron chi connectivity index (χ2n) is 3.83. The topological polar surface area (TPSA) is 64.3 Å². The number of rotatable bonds is 2. The molecule has 2 rings (SSSR count). The summed E-state index contributed by atoms with van der Waals surface area (Å²) < 4.78 is 5.32. The fourth-order valence-corrected chi connectivity index (χ4v) is 1.88. The number of nitrogen functional groups attached to an aromatic ring is 1. The largest absolute Gasteiger partial charge is 0.380 e. The van der Waals surface area contributed by atoms with Crippen molar-refractivity contribution in [1.29, 1.82) is 0 Å². The van der Waals surface area contributed by atoms with Crippen LogP contribution in [-0.2, 0) is 4.74 Å². The molecular weight excluding hydrogens is 192 g/mol. The maximum atomic E-state index is 5.58. The quantitative estimate of drug-likeness (QED) is 0.770. The highest BCUT2D eigenvalue weighted by Crippen LogP contribution is 2.22. The average Bonchev–Trinajstić information content (AvgIpc) is 2.70. The number of aromatic nitrogens is 2. The number of ether oxygens (including phenoxy) is 1. The summed E-state index contributed by atoms with van der Waals surface area (Å²) >= 11 is 0. The van der Waals surface area contributed by atoms with Crippen molar-refractivity contribution < 1.29 is 4.74 Å². The Morgan fingerprint density at radius 1 is 1.60 bits per heavy atom. The first-order valence-electron chi connectivity index (χ1n) is 5.07. The molecule has 82 valence electrons. The van der Waals surface area contributed by atoms with Gasteiger partial charge in [-0.3, -0.25) is 0 Å². The number of nitrogens with zero attached hydrogens (tertiary/aromatic N) is 3. The number of methoxy groups -OCH3 is 1. The predicted octanol–water partition coefficient (Wildman–Crippen LogP) is 0.592. The Balaban J connectivity index is 2.19. The molecule has 2 heterocycles. The van der Waals surface area contributed by atoms with Crippen molar-refractivity contribution in [2.24, 2.45) is 0 Å². The standard InChI is InChI=1S/C10H16N4O/c1-7-5-12-10(11)13-9(7)14-4-3-8(6-14)15-2/h5,8H,3-4,6H2,1-2H3,(H2,11,12,13). The predicted molar refractivity (Wildman–Crippen MR) is 58.8 cm³/mol. The summed E-state index contributed by atoms with van der Waals surface area (Å²) in [7, 11) is 1.75. The molecule has 5 heteroatoms. The molecule has 0 aromatic carbocycles. The maximum Gasteiger partial charge on any atom is 0.221 e. The summed E-state index contributed by atoms with van der Waals surface area (Å²) in [6, 6.07) is 0. The Labute approximate surface area is 89.3 Å². The molecule has 1 fully saturated rings. The van der Waals surface area contributed by atoms with Gasteiger partial charge in [-0.2, -0.15) is 4.98 Å². The van der Waals surface area contributed by atoms with Gasteiger partial charge in [0, 0.05) is 32.0 Å². The third-order valence-corrected chi connectivity index (χ3v) is 2.74. The third-order valence-electron chi connectivity index (χ3n) is 2.74. The molecule has 1 aliphatic heterocycles. The summed E-state index contributed by atoms with van der Waals surface area (Å²) in [4.78, 5) is 10.4. The van der Waals surface area contributed by atoms with Crippen LogP contribution in [0, 0.1) is 6.92 Å². The molecule has 0 amide bonds. The fourth-order valence-electron chi connectivity index (χ4n) is 1.88. The number of hydrogen-bond donors (Lipinski definition) is 1. The molecule has 0 saturated carbocycles. The normalized spacial score (nSPS) is 20.9. The third kappa shape index (κ3) is 2.02. The minimum Gasteiger partial charge on any atom is -0.380 e. The first-order chi connectivity index (χ1) is 7.20. The van der Waals surface area contributed by atoms with E-state index in [0.717, 1.165) is 30.9 Å². The first kappa shape index (κ1) is 10.2. The van der Waals surface area contributed by atoms with Crippen molar-refractivity contribution >= 4 is 11.8 Å². The molecule has 15 heavy (non-hydrogen) atoms. The molecule has 1 aromatic rings. The van der Waals surface area contributed by atoms with E-state index >= 15 is 0 Å². The summed E-state index contributed by atoms with van der Waals surface area (Å²) in [6.07, 6.45) is 3.11. The highest BCUT2D eigenvalue weighted by atomic mass is 16.5. The van der Waals surface area contributed by atoms with E-state index in [1.807, 2.05) is 6.92 Å². The van der Waals surface area contributed by atoms with Crippen LogP contribution in [0.15, 0.2) is 6.20 Å². The Bertz CT molecular complexity index is 355. The molecule has 0 aliphatic carbocycles. The second-order valence-corrected chi connectivity index (χ2v) is 3.83. The van der Waals surface area contributed by atoms with Crippen LogP contribution >= 0.6 is 0 Å². The highest BCUT2D eigenvalue weighted by Gasteiger charge is 2.24. The van der Waals surface area contributed by atoms with E-state index in [2.05, 4.69) is 14.9 Å². The van der Waals surface area contributed by atoms with Crippen LogP contribution in [-0.4, -0.2) is 36.3 Å². The SMILES string of the molecule is COC1CCN(c2nc(N)ncc2C)C1. The van der Waals surface area contributed by atoms with Gasteiger partial charge in [0.05, 0.1) is 6.10 Å². The van der Waals surface area contributed by atoms with Crippen LogP contribution in [0.5, 0.6) is 0 Å². The lowest BCUT2D eigenvalue weighted by Gasteiger charge is -2.19. The lowest BCUT2D eigenvalue weighted by Crippen LogP contribution is -2.24. The minimum atomic E-state index is 0.306. The van der Waals surface area contributed by atoms with E-state index in [0.29, 0.717) is 12.1 Å². The summed E-state index contributed by atoms with van der Waals surface area (Å²) in [5, 5.41) is 0. The summed E-state index contributed by atoms with van der Waals surface area (Å²) in [5.74, 6) is 1.26. The molecule has 1 saturated heterocycles. The van der Waals surface area contributed by atoms with Crippen molar-refractivity contribution in [3.63, 3.8) is 0 Å². The van der Waals surface area contributed by atoms with Crippen LogP contribution in [0.3, 0.4) is 0 Å². The molecule has 1 aliphatic rings. The number of nitrogens with two attached hydrogens (primary N) is 1. The van der Waals surface area contributed by atoms with Gasteiger partial charge in [0.1, 0.15) is 5.82 Å². The van der Waals surface area contributed by atoms with Crippen molar-refractivity contribution in [3.05, 3.63) is 11.8 Å². The van der Waals surface area contributed by atoms with E-state index in [9.17, 15) is 0 Å². The smallest absolute Gasteiger partial charge is 0.221 e. The Morgan fingerprint density at radius 2 is 2.40 bits per heavy atom. The van der Waals surface area contributed by atoms with Crippen LogP contribution in [0.25, 0.3) is 0 Å². The van der Waals surface area contributed by atoms with E-state index in [-0.39, 0.29) is 0 Å².